The van der Waals surface area contributed by atoms with Crippen LogP contribution in [0.5, 0.6) is 0 Å². The zero-order valence-corrected chi connectivity index (χ0v) is 19.4. The predicted octanol–water partition coefficient (Wildman–Crippen LogP) is 2.67. The monoisotopic (exact) mass is 480 g/mol. The maximum absolute atomic E-state index is 13.1. The highest BCUT2D eigenvalue weighted by molar-refractivity contribution is 9.10. The number of nitrogens with zero attached hydrogens (tertiary/aromatic N) is 4. The molecule has 1 amide bonds. The molecule has 1 fully saturated rings. The molecule has 1 aromatic heterocycles. The Labute approximate surface area is 180 Å². The van der Waals surface area contributed by atoms with E-state index in [9.17, 15) is 13.2 Å². The number of anilines is 1. The Morgan fingerprint density at radius 3 is 2.31 bits per heavy atom. The van der Waals surface area contributed by atoms with Gasteiger partial charge >= 0.3 is 0 Å². The summed E-state index contributed by atoms with van der Waals surface area (Å²) < 4.78 is 27.4. The van der Waals surface area contributed by atoms with Gasteiger partial charge in [0.25, 0.3) is 5.91 Å². The van der Waals surface area contributed by atoms with Crippen LogP contribution < -0.4 is 4.90 Å². The van der Waals surface area contributed by atoms with Gasteiger partial charge in [-0.05, 0) is 65.2 Å². The van der Waals surface area contributed by atoms with Crippen molar-refractivity contribution in [3.63, 3.8) is 0 Å². The summed E-state index contributed by atoms with van der Waals surface area (Å²) in [5.74, 6) is 0.734. The molecule has 2 heterocycles. The Balaban J connectivity index is 1.79. The van der Waals surface area contributed by atoms with E-state index >= 15 is 0 Å². The quantitative estimate of drug-likeness (QED) is 0.672. The van der Waals surface area contributed by atoms with Crippen molar-refractivity contribution >= 4 is 37.7 Å². The van der Waals surface area contributed by atoms with Crippen molar-refractivity contribution in [3.8, 4) is 0 Å². The van der Waals surface area contributed by atoms with Crippen molar-refractivity contribution in [2.75, 3.05) is 45.2 Å². The Morgan fingerprint density at radius 2 is 1.76 bits per heavy atom. The lowest BCUT2D eigenvalue weighted by atomic mass is 10.0. The summed E-state index contributed by atoms with van der Waals surface area (Å²) in [5.41, 5.74) is 1.86. The van der Waals surface area contributed by atoms with Gasteiger partial charge in [-0.3, -0.25) is 4.79 Å². The van der Waals surface area contributed by atoms with Crippen molar-refractivity contribution in [3.05, 3.63) is 51.6 Å². The van der Waals surface area contributed by atoms with Gasteiger partial charge in [-0.25, -0.2) is 17.7 Å². The van der Waals surface area contributed by atoms with Crippen LogP contribution >= 0.6 is 15.9 Å². The summed E-state index contributed by atoms with van der Waals surface area (Å²) in [6.07, 6.45) is 1.76. The molecule has 0 aliphatic carbocycles. The summed E-state index contributed by atoms with van der Waals surface area (Å²) in [6.45, 7) is 6.06. The van der Waals surface area contributed by atoms with Crippen LogP contribution in [-0.2, 0) is 10.0 Å². The minimum absolute atomic E-state index is 0.147. The zero-order chi connectivity index (χ0) is 21.3. The minimum Gasteiger partial charge on any atom is -0.353 e. The van der Waals surface area contributed by atoms with E-state index in [1.165, 1.54) is 24.5 Å². The first-order valence-corrected chi connectivity index (χ1v) is 11.5. The number of halogens is 1. The highest BCUT2D eigenvalue weighted by Crippen LogP contribution is 2.25. The normalized spacial score (nSPS) is 15.1. The number of pyridine rings is 1. The van der Waals surface area contributed by atoms with Gasteiger partial charge in [0, 0.05) is 56.5 Å². The molecule has 3 rings (SSSR count). The molecular formula is C20H25BrN4O3S. The second kappa shape index (κ2) is 8.41. The largest absolute Gasteiger partial charge is 0.353 e. The van der Waals surface area contributed by atoms with Gasteiger partial charge in [-0.15, -0.1) is 0 Å². The summed E-state index contributed by atoms with van der Waals surface area (Å²) in [6, 6.07) is 7.17. The number of sulfonamides is 1. The summed E-state index contributed by atoms with van der Waals surface area (Å²) >= 11 is 3.38. The van der Waals surface area contributed by atoms with Crippen LogP contribution in [0, 0.1) is 13.8 Å². The maximum atomic E-state index is 13.1. The van der Waals surface area contributed by atoms with Gasteiger partial charge in [0.15, 0.2) is 0 Å². The van der Waals surface area contributed by atoms with E-state index in [0.29, 0.717) is 37.3 Å². The molecule has 156 valence electrons. The molecule has 0 radical (unpaired) electrons. The number of aromatic nitrogens is 1. The minimum atomic E-state index is -3.62. The number of aryl methyl sites for hydroxylation is 1. The molecule has 7 nitrogen and oxygen atoms in total. The molecule has 0 saturated carbocycles. The number of hydrogen-bond donors (Lipinski definition) is 0. The predicted molar refractivity (Wildman–Crippen MR) is 117 cm³/mol. The van der Waals surface area contributed by atoms with Gasteiger partial charge in [0.05, 0.1) is 4.90 Å². The second-order valence-corrected chi connectivity index (χ2v) is 10.4. The first-order chi connectivity index (χ1) is 13.6. The molecule has 29 heavy (non-hydrogen) atoms. The third-order valence-electron chi connectivity index (χ3n) is 5.23. The first-order valence-electron chi connectivity index (χ1n) is 9.31. The van der Waals surface area contributed by atoms with E-state index in [2.05, 4.69) is 25.8 Å². The fourth-order valence-electron chi connectivity index (χ4n) is 3.29. The van der Waals surface area contributed by atoms with Gasteiger partial charge < -0.3 is 9.80 Å². The van der Waals surface area contributed by atoms with Crippen molar-refractivity contribution < 1.29 is 13.2 Å². The molecule has 2 aromatic rings. The molecule has 0 atom stereocenters. The van der Waals surface area contributed by atoms with E-state index in [1.807, 2.05) is 19.1 Å². The number of carbonyl (C=O) groups excluding carboxylic acids is 1. The van der Waals surface area contributed by atoms with Crippen LogP contribution in [0.2, 0.25) is 0 Å². The van der Waals surface area contributed by atoms with E-state index in [0.717, 1.165) is 15.9 Å². The average Bonchev–Trinajstić information content (AvgIpc) is 2.70. The van der Waals surface area contributed by atoms with Crippen LogP contribution in [0.3, 0.4) is 0 Å². The molecule has 9 heteroatoms. The average molecular weight is 481 g/mol. The lowest BCUT2D eigenvalue weighted by Gasteiger charge is -2.35. The summed E-state index contributed by atoms with van der Waals surface area (Å²) in [7, 11) is -0.635. The Hall–Kier alpha value is -1.97. The third kappa shape index (κ3) is 4.46. The zero-order valence-electron chi connectivity index (χ0n) is 17.0. The number of hydrogen-bond acceptors (Lipinski definition) is 5. The molecule has 1 aliphatic rings. The first kappa shape index (κ1) is 21.7. The van der Waals surface area contributed by atoms with Crippen LogP contribution in [0.15, 0.2) is 39.8 Å². The molecule has 0 spiro atoms. The number of piperazine rings is 1. The van der Waals surface area contributed by atoms with E-state index < -0.39 is 10.0 Å². The van der Waals surface area contributed by atoms with Crippen molar-refractivity contribution in [1.82, 2.24) is 14.2 Å². The molecule has 0 bridgehead atoms. The molecule has 1 aliphatic heterocycles. The molecule has 0 N–H and O–H groups in total. The molecular weight excluding hydrogens is 456 g/mol. The van der Waals surface area contributed by atoms with E-state index in [1.54, 1.807) is 24.1 Å². The Bertz CT molecular complexity index is 1010. The highest BCUT2D eigenvalue weighted by atomic mass is 79.9. The van der Waals surface area contributed by atoms with E-state index in [-0.39, 0.29) is 10.8 Å². The highest BCUT2D eigenvalue weighted by Gasteiger charge is 2.26. The number of amides is 1. The van der Waals surface area contributed by atoms with Crippen molar-refractivity contribution in [2.45, 2.75) is 18.7 Å². The lowest BCUT2D eigenvalue weighted by Crippen LogP contribution is -2.49. The fraction of sp³-hybridized carbons (Fsp3) is 0.400. The Morgan fingerprint density at radius 1 is 1.10 bits per heavy atom. The second-order valence-electron chi connectivity index (χ2n) is 7.32. The standard InChI is InChI=1S/C20H25BrN4O3S/c1-14-11-16(12-18(15(14)2)29(27,28)23(3)4)20(26)25-9-7-24(8-10-25)19-6-5-17(21)13-22-19/h5-6,11-13H,7-10H2,1-4H3. The van der Waals surface area contributed by atoms with E-state index in [4.69, 9.17) is 0 Å². The van der Waals surface area contributed by atoms with Gasteiger partial charge in [-0.1, -0.05) is 0 Å². The third-order valence-corrected chi connectivity index (χ3v) is 7.64. The van der Waals surface area contributed by atoms with Crippen LogP contribution in [0.1, 0.15) is 21.5 Å². The van der Waals surface area contributed by atoms with Crippen LogP contribution in [0.25, 0.3) is 0 Å². The summed E-state index contributed by atoms with van der Waals surface area (Å²) in [5, 5.41) is 0. The fourth-order valence-corrected chi connectivity index (χ4v) is 4.74. The summed E-state index contributed by atoms with van der Waals surface area (Å²) in [4.78, 5) is 21.6. The van der Waals surface area contributed by atoms with Crippen LogP contribution in [0.4, 0.5) is 5.82 Å². The molecule has 1 aromatic carbocycles. The molecule has 1 saturated heterocycles. The van der Waals surface area contributed by atoms with Crippen molar-refractivity contribution in [2.24, 2.45) is 0 Å². The number of benzene rings is 1. The smallest absolute Gasteiger partial charge is 0.254 e. The number of rotatable bonds is 4. The van der Waals surface area contributed by atoms with Crippen LogP contribution in [-0.4, -0.2) is 68.8 Å². The SMILES string of the molecule is Cc1cc(C(=O)N2CCN(c3ccc(Br)cn3)CC2)cc(S(=O)(=O)N(C)C)c1C. The lowest BCUT2D eigenvalue weighted by molar-refractivity contribution is 0.0746. The maximum Gasteiger partial charge on any atom is 0.254 e. The van der Waals surface area contributed by atoms with Gasteiger partial charge in [0.1, 0.15) is 5.82 Å². The van der Waals surface area contributed by atoms with Crippen molar-refractivity contribution in [1.29, 1.82) is 0 Å². The van der Waals surface area contributed by atoms with Gasteiger partial charge in [0.2, 0.25) is 10.0 Å². The molecule has 0 unspecified atom stereocenters. The number of carbonyl (C=O) groups is 1. The Kier molecular flexibility index (Phi) is 6.30. The topological polar surface area (TPSA) is 73.8 Å². The van der Waals surface area contributed by atoms with Gasteiger partial charge in [-0.2, -0.15) is 0 Å².